The fourth-order valence-electron chi connectivity index (χ4n) is 3.35. The van der Waals surface area contributed by atoms with Gasteiger partial charge in [-0.3, -0.25) is 4.68 Å². The minimum atomic E-state index is 0.525. The molecule has 29 heavy (non-hydrogen) atoms. The molecule has 5 aromatic heterocycles. The summed E-state index contributed by atoms with van der Waals surface area (Å²) in [6, 6.07) is 8.36. The maximum Gasteiger partial charge on any atom is 0.221 e. The van der Waals surface area contributed by atoms with E-state index in [-0.39, 0.29) is 0 Å². The van der Waals surface area contributed by atoms with Crippen LogP contribution in [0.3, 0.4) is 0 Å². The van der Waals surface area contributed by atoms with Crippen LogP contribution in [-0.4, -0.2) is 45.7 Å². The average Bonchev–Trinajstić information content (AvgIpc) is 3.45. The molecule has 0 fully saturated rings. The fraction of sp³-hybridized carbons (Fsp3) is 0.250. The van der Waals surface area contributed by atoms with Gasteiger partial charge in [0.25, 0.3) is 0 Å². The van der Waals surface area contributed by atoms with Crippen LogP contribution in [0.1, 0.15) is 18.2 Å². The predicted octanol–water partition coefficient (Wildman–Crippen LogP) is 2.46. The van der Waals surface area contributed by atoms with E-state index in [9.17, 15) is 0 Å². The summed E-state index contributed by atoms with van der Waals surface area (Å²) in [5, 5.41) is 12.6. The lowest BCUT2D eigenvalue weighted by atomic mass is 10.2. The van der Waals surface area contributed by atoms with Crippen LogP contribution in [0.2, 0.25) is 0 Å². The molecule has 5 heterocycles. The van der Waals surface area contributed by atoms with Crippen molar-refractivity contribution in [3.63, 3.8) is 0 Å². The Morgan fingerprint density at radius 1 is 1.07 bits per heavy atom. The molecule has 0 aromatic carbocycles. The first kappa shape index (κ1) is 17.5. The predicted molar refractivity (Wildman–Crippen MR) is 107 cm³/mol. The zero-order chi connectivity index (χ0) is 19.8. The van der Waals surface area contributed by atoms with Crippen LogP contribution >= 0.6 is 0 Å². The molecular formula is C20H20N8O. The van der Waals surface area contributed by atoms with Crippen LogP contribution in [0.25, 0.3) is 28.1 Å². The number of aromatic nitrogens is 8. The van der Waals surface area contributed by atoms with E-state index in [0.29, 0.717) is 31.1 Å². The van der Waals surface area contributed by atoms with E-state index in [2.05, 4.69) is 55.3 Å². The quantitative estimate of drug-likeness (QED) is 0.444. The van der Waals surface area contributed by atoms with Crippen molar-refractivity contribution < 1.29 is 4.74 Å². The smallest absolute Gasteiger partial charge is 0.221 e. The highest BCUT2D eigenvalue weighted by molar-refractivity contribution is 5.69. The number of pyridine rings is 1. The number of fused-ring (bicyclic) bond motifs is 2. The normalized spacial score (nSPS) is 11.7. The van der Waals surface area contributed by atoms with Crippen LogP contribution in [-0.2, 0) is 24.9 Å². The van der Waals surface area contributed by atoms with E-state index in [0.717, 1.165) is 28.0 Å². The van der Waals surface area contributed by atoms with Gasteiger partial charge in [-0.05, 0) is 30.7 Å². The van der Waals surface area contributed by atoms with Crippen LogP contribution in [0.5, 0.6) is 0 Å². The Labute approximate surface area is 166 Å². The van der Waals surface area contributed by atoms with Crippen molar-refractivity contribution in [2.45, 2.75) is 20.1 Å². The number of hydrogen-bond donors (Lipinski definition) is 0. The number of nitrogens with zero attached hydrogens (tertiary/aromatic N) is 8. The highest BCUT2D eigenvalue weighted by Gasteiger charge is 2.12. The maximum absolute atomic E-state index is 5.57. The van der Waals surface area contributed by atoms with Gasteiger partial charge in [-0.15, -0.1) is 5.10 Å². The third-order valence-electron chi connectivity index (χ3n) is 4.81. The molecule has 0 N–H and O–H groups in total. The van der Waals surface area contributed by atoms with Crippen molar-refractivity contribution >= 4 is 16.8 Å². The van der Waals surface area contributed by atoms with Gasteiger partial charge in [0.2, 0.25) is 5.65 Å². The second-order valence-electron chi connectivity index (χ2n) is 6.85. The Bertz CT molecular complexity index is 1300. The number of rotatable bonds is 6. The summed E-state index contributed by atoms with van der Waals surface area (Å²) >= 11 is 0. The third-order valence-corrected chi connectivity index (χ3v) is 4.81. The van der Waals surface area contributed by atoms with Gasteiger partial charge in [0, 0.05) is 42.8 Å². The molecule has 0 aliphatic heterocycles. The molecular weight excluding hydrogens is 368 g/mol. The van der Waals surface area contributed by atoms with Crippen molar-refractivity contribution in [2.75, 3.05) is 6.61 Å². The summed E-state index contributed by atoms with van der Waals surface area (Å²) in [6.45, 7) is 3.82. The lowest BCUT2D eigenvalue weighted by Gasteiger charge is -2.07. The molecule has 9 nitrogen and oxygen atoms in total. The Kier molecular flexibility index (Phi) is 4.28. The molecule has 0 bridgehead atoms. The summed E-state index contributed by atoms with van der Waals surface area (Å²) in [6.07, 6.45) is 7.48. The van der Waals surface area contributed by atoms with Crippen molar-refractivity contribution in [3.05, 3.63) is 60.3 Å². The van der Waals surface area contributed by atoms with Gasteiger partial charge < -0.3 is 9.14 Å². The largest absolute Gasteiger partial charge is 0.376 e. The topological polar surface area (TPSA) is 88.0 Å². The maximum atomic E-state index is 5.57. The van der Waals surface area contributed by atoms with Crippen molar-refractivity contribution in [2.24, 2.45) is 7.05 Å². The van der Waals surface area contributed by atoms with E-state index in [1.165, 1.54) is 0 Å². The van der Waals surface area contributed by atoms with Crippen LogP contribution < -0.4 is 0 Å². The molecule has 5 aromatic rings. The van der Waals surface area contributed by atoms with Crippen molar-refractivity contribution in [3.8, 4) is 11.3 Å². The molecule has 146 valence electrons. The molecule has 0 unspecified atom stereocenters. The van der Waals surface area contributed by atoms with Crippen LogP contribution in [0, 0.1) is 0 Å². The molecule has 9 heteroatoms. The highest BCUT2D eigenvalue weighted by atomic mass is 16.5. The molecule has 0 saturated heterocycles. The van der Waals surface area contributed by atoms with Gasteiger partial charge in [0.15, 0.2) is 5.65 Å². The Balaban J connectivity index is 1.49. The van der Waals surface area contributed by atoms with Gasteiger partial charge >= 0.3 is 0 Å². The molecule has 0 saturated carbocycles. The summed E-state index contributed by atoms with van der Waals surface area (Å²) in [4.78, 5) is 9.12. The first-order valence-electron chi connectivity index (χ1n) is 9.43. The first-order chi connectivity index (χ1) is 14.2. The van der Waals surface area contributed by atoms with Gasteiger partial charge in [0.1, 0.15) is 0 Å². The summed E-state index contributed by atoms with van der Waals surface area (Å²) in [5.74, 6) is 0. The van der Waals surface area contributed by atoms with E-state index in [1.54, 1.807) is 21.8 Å². The van der Waals surface area contributed by atoms with Crippen LogP contribution in [0.4, 0.5) is 0 Å². The Morgan fingerprint density at radius 2 is 1.97 bits per heavy atom. The van der Waals surface area contributed by atoms with Gasteiger partial charge in [0.05, 0.1) is 31.2 Å². The Morgan fingerprint density at radius 3 is 2.79 bits per heavy atom. The monoisotopic (exact) mass is 388 g/mol. The average molecular weight is 388 g/mol. The minimum absolute atomic E-state index is 0.525. The second kappa shape index (κ2) is 7.10. The van der Waals surface area contributed by atoms with E-state index >= 15 is 0 Å². The zero-order valence-electron chi connectivity index (χ0n) is 16.2. The SMILES string of the molecule is CCOCc1ccc2ccc(Cn3nnc4ncc(-c5cnn(C)c5)nc43)cn12. The lowest BCUT2D eigenvalue weighted by Crippen LogP contribution is -2.05. The fourth-order valence-corrected chi connectivity index (χ4v) is 3.35. The van der Waals surface area contributed by atoms with Crippen LogP contribution in [0.15, 0.2) is 49.1 Å². The van der Waals surface area contributed by atoms with Crippen molar-refractivity contribution in [1.29, 1.82) is 0 Å². The van der Waals surface area contributed by atoms with Crippen molar-refractivity contribution in [1.82, 2.24) is 39.1 Å². The molecule has 0 aliphatic carbocycles. The highest BCUT2D eigenvalue weighted by Crippen LogP contribution is 2.19. The first-order valence-corrected chi connectivity index (χ1v) is 9.43. The molecule has 0 spiro atoms. The summed E-state index contributed by atoms with van der Waals surface area (Å²) < 4.78 is 11.2. The molecule has 0 radical (unpaired) electrons. The molecule has 5 rings (SSSR count). The number of ether oxygens (including phenoxy) is 1. The molecule has 0 aliphatic rings. The van der Waals surface area contributed by atoms with Gasteiger partial charge in [-0.1, -0.05) is 11.3 Å². The number of aryl methyl sites for hydroxylation is 1. The van der Waals surface area contributed by atoms with E-state index in [4.69, 9.17) is 9.72 Å². The van der Waals surface area contributed by atoms with E-state index in [1.807, 2.05) is 20.2 Å². The zero-order valence-corrected chi connectivity index (χ0v) is 16.2. The standard InChI is InChI=1S/C20H20N8O/c1-3-29-13-17-7-6-16-5-4-14(10-27(16)17)11-28-20-19(24-25-28)21-9-18(23-20)15-8-22-26(2)12-15/h4-10,12H,3,11,13H2,1-2H3. The minimum Gasteiger partial charge on any atom is -0.376 e. The summed E-state index contributed by atoms with van der Waals surface area (Å²) in [5.41, 5.74) is 6.16. The number of hydrogen-bond acceptors (Lipinski definition) is 6. The Hall–Kier alpha value is -3.59. The van der Waals surface area contributed by atoms with Gasteiger partial charge in [-0.25, -0.2) is 14.6 Å². The lowest BCUT2D eigenvalue weighted by molar-refractivity contribution is 0.131. The summed E-state index contributed by atoms with van der Waals surface area (Å²) in [7, 11) is 1.87. The van der Waals surface area contributed by atoms with Gasteiger partial charge in [-0.2, -0.15) is 5.10 Å². The van der Waals surface area contributed by atoms with E-state index < -0.39 is 0 Å². The molecule has 0 atom stereocenters. The second-order valence-corrected chi connectivity index (χ2v) is 6.85. The third kappa shape index (κ3) is 3.25. The molecule has 0 amide bonds.